The van der Waals surface area contributed by atoms with Crippen molar-refractivity contribution in [2.75, 3.05) is 13.1 Å². The minimum atomic E-state index is -0.388. The molecular formula is C21H29N7O2. The van der Waals surface area contributed by atoms with Gasteiger partial charge < -0.3 is 21.8 Å². The van der Waals surface area contributed by atoms with Gasteiger partial charge >= 0.3 is 5.69 Å². The molecule has 6 N–H and O–H groups in total. The van der Waals surface area contributed by atoms with E-state index in [9.17, 15) is 9.59 Å². The molecule has 0 aliphatic rings. The Bertz CT molecular complexity index is 1060. The molecule has 0 aliphatic carbocycles. The van der Waals surface area contributed by atoms with Crippen molar-refractivity contribution in [2.45, 2.75) is 33.6 Å². The van der Waals surface area contributed by atoms with Gasteiger partial charge in [0.1, 0.15) is 5.65 Å². The van der Waals surface area contributed by atoms with Gasteiger partial charge in [-0.2, -0.15) is 4.98 Å². The zero-order valence-electron chi connectivity index (χ0n) is 17.6. The molecule has 3 rings (SSSR count). The molecule has 2 aromatic heterocycles. The summed E-state index contributed by atoms with van der Waals surface area (Å²) in [7, 11) is 0. The summed E-state index contributed by atoms with van der Waals surface area (Å²) in [4.78, 5) is 35.3. The SMILES string of the molecule is CCC.Cc1cc2cn(-c3ccc(C(=O)NCCCN=C(N)N)cc3)c(=O)nc2[nH]1. The zero-order chi connectivity index (χ0) is 22.1. The summed E-state index contributed by atoms with van der Waals surface area (Å²) in [6.45, 7) is 7.07. The molecule has 0 radical (unpaired) electrons. The van der Waals surface area contributed by atoms with E-state index in [0.29, 0.717) is 36.4 Å². The van der Waals surface area contributed by atoms with Crippen LogP contribution in [0.4, 0.5) is 0 Å². The van der Waals surface area contributed by atoms with Crippen LogP contribution in [0, 0.1) is 6.92 Å². The van der Waals surface area contributed by atoms with Gasteiger partial charge in [-0.05, 0) is 43.7 Å². The lowest BCUT2D eigenvalue weighted by Crippen LogP contribution is -2.26. The number of guanidine groups is 1. The predicted octanol–water partition coefficient (Wildman–Crippen LogP) is 1.83. The fourth-order valence-electron chi connectivity index (χ4n) is 2.68. The lowest BCUT2D eigenvalue weighted by Gasteiger charge is -2.07. The summed E-state index contributed by atoms with van der Waals surface area (Å²) < 4.78 is 1.45. The number of aromatic nitrogens is 3. The second-order valence-corrected chi connectivity index (χ2v) is 6.82. The Hall–Kier alpha value is -3.62. The number of aliphatic imine (C=N–C) groups is 1. The van der Waals surface area contributed by atoms with Crippen LogP contribution in [0.2, 0.25) is 0 Å². The van der Waals surface area contributed by atoms with Gasteiger partial charge in [-0.25, -0.2) is 4.79 Å². The number of amides is 1. The molecule has 9 nitrogen and oxygen atoms in total. The van der Waals surface area contributed by atoms with E-state index in [-0.39, 0.29) is 17.6 Å². The maximum absolute atomic E-state index is 12.2. The second kappa shape index (κ2) is 10.8. The van der Waals surface area contributed by atoms with Gasteiger partial charge in [0, 0.05) is 35.9 Å². The van der Waals surface area contributed by atoms with E-state index in [2.05, 4.69) is 34.1 Å². The topological polar surface area (TPSA) is 144 Å². The zero-order valence-corrected chi connectivity index (χ0v) is 17.6. The molecule has 0 atom stereocenters. The summed E-state index contributed by atoms with van der Waals surface area (Å²) in [5, 5.41) is 3.64. The molecule has 0 saturated heterocycles. The summed E-state index contributed by atoms with van der Waals surface area (Å²) in [5.74, 6) is -0.164. The average Bonchev–Trinajstić information content (AvgIpc) is 3.06. The van der Waals surface area contributed by atoms with E-state index in [1.165, 1.54) is 11.0 Å². The van der Waals surface area contributed by atoms with Gasteiger partial charge in [0.15, 0.2) is 5.96 Å². The fourth-order valence-corrected chi connectivity index (χ4v) is 2.68. The minimum Gasteiger partial charge on any atom is -0.370 e. The number of H-pyrrole nitrogens is 1. The highest BCUT2D eigenvalue weighted by molar-refractivity contribution is 5.94. The minimum absolute atomic E-state index is 0.0367. The Morgan fingerprint density at radius 3 is 2.53 bits per heavy atom. The predicted molar refractivity (Wildman–Crippen MR) is 120 cm³/mol. The molecule has 0 saturated carbocycles. The van der Waals surface area contributed by atoms with Crippen LogP contribution in [0.25, 0.3) is 16.7 Å². The van der Waals surface area contributed by atoms with Crippen molar-refractivity contribution < 1.29 is 4.79 Å². The number of benzene rings is 1. The van der Waals surface area contributed by atoms with Crippen LogP contribution >= 0.6 is 0 Å². The van der Waals surface area contributed by atoms with Crippen LogP contribution < -0.4 is 22.5 Å². The number of rotatable bonds is 6. The van der Waals surface area contributed by atoms with Crippen LogP contribution in [0.3, 0.4) is 0 Å². The van der Waals surface area contributed by atoms with E-state index >= 15 is 0 Å². The van der Waals surface area contributed by atoms with E-state index in [0.717, 1.165) is 11.1 Å². The Morgan fingerprint density at radius 2 is 1.90 bits per heavy atom. The largest absolute Gasteiger partial charge is 0.370 e. The molecule has 0 unspecified atom stereocenters. The monoisotopic (exact) mass is 411 g/mol. The molecule has 0 fully saturated rings. The van der Waals surface area contributed by atoms with Gasteiger partial charge in [0.2, 0.25) is 0 Å². The first-order valence-corrected chi connectivity index (χ1v) is 9.88. The number of nitrogens with two attached hydrogens (primary N) is 2. The summed E-state index contributed by atoms with van der Waals surface area (Å²) >= 11 is 0. The van der Waals surface area contributed by atoms with Crippen molar-refractivity contribution in [3.8, 4) is 5.69 Å². The second-order valence-electron chi connectivity index (χ2n) is 6.82. The number of fused-ring (bicyclic) bond motifs is 1. The number of carbonyl (C=O) groups excluding carboxylic acids is 1. The first-order valence-electron chi connectivity index (χ1n) is 9.88. The molecule has 9 heteroatoms. The number of hydrogen-bond donors (Lipinski definition) is 4. The number of nitrogens with one attached hydrogen (secondary N) is 2. The molecule has 30 heavy (non-hydrogen) atoms. The highest BCUT2D eigenvalue weighted by Crippen LogP contribution is 2.13. The number of aryl methyl sites for hydroxylation is 1. The highest BCUT2D eigenvalue weighted by atomic mass is 16.2. The quantitative estimate of drug-likeness (QED) is 0.278. The van der Waals surface area contributed by atoms with E-state index in [1.807, 2.05) is 13.0 Å². The van der Waals surface area contributed by atoms with Crippen LogP contribution in [0.15, 0.2) is 46.3 Å². The van der Waals surface area contributed by atoms with Gasteiger partial charge in [0.05, 0.1) is 5.69 Å². The lowest BCUT2D eigenvalue weighted by molar-refractivity contribution is 0.0953. The number of aromatic amines is 1. The molecule has 160 valence electrons. The Labute approximate surface area is 175 Å². The summed E-state index contributed by atoms with van der Waals surface area (Å²) in [5.41, 5.74) is 12.7. The Kier molecular flexibility index (Phi) is 8.16. The van der Waals surface area contributed by atoms with Gasteiger partial charge in [-0.15, -0.1) is 0 Å². The van der Waals surface area contributed by atoms with Crippen LogP contribution in [0.5, 0.6) is 0 Å². The number of nitrogens with zero attached hydrogens (tertiary/aromatic N) is 3. The van der Waals surface area contributed by atoms with Gasteiger partial charge in [-0.3, -0.25) is 14.4 Å². The molecule has 0 aliphatic heterocycles. The first-order chi connectivity index (χ1) is 14.3. The number of carbonyl (C=O) groups is 1. The fraction of sp³-hybridized carbons (Fsp3) is 0.333. The normalized spacial score (nSPS) is 10.2. The van der Waals surface area contributed by atoms with Crippen LogP contribution in [-0.4, -0.2) is 39.5 Å². The van der Waals surface area contributed by atoms with Gasteiger partial charge in [-0.1, -0.05) is 20.3 Å². The first kappa shape index (κ1) is 22.7. The van der Waals surface area contributed by atoms with Crippen molar-refractivity contribution in [3.05, 3.63) is 58.3 Å². The maximum Gasteiger partial charge on any atom is 0.354 e. The number of hydrogen-bond acceptors (Lipinski definition) is 4. The summed E-state index contributed by atoms with van der Waals surface area (Å²) in [6, 6.07) is 8.67. The smallest absolute Gasteiger partial charge is 0.354 e. The average molecular weight is 412 g/mol. The van der Waals surface area contributed by atoms with Crippen molar-refractivity contribution in [1.29, 1.82) is 0 Å². The summed E-state index contributed by atoms with van der Waals surface area (Å²) in [6.07, 6.45) is 3.62. The van der Waals surface area contributed by atoms with Crippen LogP contribution in [0.1, 0.15) is 42.7 Å². The van der Waals surface area contributed by atoms with E-state index < -0.39 is 0 Å². The van der Waals surface area contributed by atoms with E-state index in [1.54, 1.807) is 30.5 Å². The standard InChI is InChI=1S/C18H21N7O2.C3H8/c1-11-9-13-10-25(18(27)24-15(13)23-11)14-5-3-12(4-6-14)16(26)21-7-2-8-22-17(19)20;1-3-2/h3-6,9-10H,2,7-8H2,1H3,(H,21,26)(H4,19,20,22)(H,23,24,27);3H2,1-2H3. The third-order valence-electron chi connectivity index (χ3n) is 3.97. The molecule has 0 bridgehead atoms. The molecule has 0 spiro atoms. The highest BCUT2D eigenvalue weighted by Gasteiger charge is 2.08. The lowest BCUT2D eigenvalue weighted by atomic mass is 10.2. The van der Waals surface area contributed by atoms with E-state index in [4.69, 9.17) is 11.5 Å². The van der Waals surface area contributed by atoms with Crippen molar-refractivity contribution in [3.63, 3.8) is 0 Å². The van der Waals surface area contributed by atoms with Crippen LogP contribution in [-0.2, 0) is 0 Å². The molecule has 1 amide bonds. The van der Waals surface area contributed by atoms with Crippen molar-refractivity contribution >= 4 is 22.9 Å². The Morgan fingerprint density at radius 1 is 1.23 bits per heavy atom. The molecule has 3 aromatic rings. The molecule has 1 aromatic carbocycles. The third-order valence-corrected chi connectivity index (χ3v) is 3.97. The maximum atomic E-state index is 12.2. The molecule has 2 heterocycles. The van der Waals surface area contributed by atoms with Gasteiger partial charge in [0.25, 0.3) is 5.91 Å². The van der Waals surface area contributed by atoms with Crippen molar-refractivity contribution in [2.24, 2.45) is 16.5 Å². The third kappa shape index (κ3) is 6.20. The molecular weight excluding hydrogens is 382 g/mol. The van der Waals surface area contributed by atoms with Crippen molar-refractivity contribution in [1.82, 2.24) is 19.9 Å². The Balaban J connectivity index is 0.00000101.